The van der Waals surface area contributed by atoms with Gasteiger partial charge in [0.25, 0.3) is 5.91 Å². The topological polar surface area (TPSA) is 66.8 Å². The standard InChI is InChI=1S/C13H17NO4/c1-3-14(9-12(15)16)13(17)10-6-5-7-11(8-10)18-4-2/h5-8H,3-4,9H2,1-2H3,(H,15,16). The summed E-state index contributed by atoms with van der Waals surface area (Å²) < 4.78 is 5.30. The summed E-state index contributed by atoms with van der Waals surface area (Å²) in [5, 5.41) is 8.73. The Balaban J connectivity index is 2.87. The molecule has 0 radical (unpaired) electrons. The molecule has 0 saturated carbocycles. The summed E-state index contributed by atoms with van der Waals surface area (Å²) in [5.41, 5.74) is 0.434. The van der Waals surface area contributed by atoms with E-state index < -0.39 is 5.97 Å². The molecule has 0 saturated heterocycles. The predicted molar refractivity (Wildman–Crippen MR) is 66.8 cm³/mol. The summed E-state index contributed by atoms with van der Waals surface area (Å²) in [6, 6.07) is 6.74. The molecule has 1 amide bonds. The van der Waals surface area contributed by atoms with Gasteiger partial charge < -0.3 is 14.7 Å². The number of aliphatic carboxylic acids is 1. The van der Waals surface area contributed by atoms with Crippen molar-refractivity contribution >= 4 is 11.9 Å². The monoisotopic (exact) mass is 251 g/mol. The molecule has 0 aromatic heterocycles. The van der Waals surface area contributed by atoms with Crippen LogP contribution in [-0.4, -0.2) is 41.6 Å². The highest BCUT2D eigenvalue weighted by molar-refractivity contribution is 5.96. The number of hydrogen-bond donors (Lipinski definition) is 1. The van der Waals surface area contributed by atoms with Crippen molar-refractivity contribution in [2.75, 3.05) is 19.7 Å². The normalized spacial score (nSPS) is 9.89. The van der Waals surface area contributed by atoms with Crippen molar-refractivity contribution in [3.05, 3.63) is 29.8 Å². The Morgan fingerprint density at radius 1 is 1.33 bits per heavy atom. The second kappa shape index (κ2) is 6.64. The van der Waals surface area contributed by atoms with E-state index in [0.29, 0.717) is 24.5 Å². The molecule has 0 spiro atoms. The van der Waals surface area contributed by atoms with Crippen LogP contribution >= 0.6 is 0 Å². The molecule has 18 heavy (non-hydrogen) atoms. The second-order valence-electron chi connectivity index (χ2n) is 3.67. The van der Waals surface area contributed by atoms with Crippen LogP contribution in [0, 0.1) is 0 Å². The first kappa shape index (κ1) is 14.0. The van der Waals surface area contributed by atoms with Gasteiger partial charge in [-0.05, 0) is 32.0 Å². The number of benzene rings is 1. The van der Waals surface area contributed by atoms with E-state index >= 15 is 0 Å². The fourth-order valence-electron chi connectivity index (χ4n) is 1.56. The molecule has 1 rings (SSSR count). The van der Waals surface area contributed by atoms with Crippen LogP contribution in [0.2, 0.25) is 0 Å². The lowest BCUT2D eigenvalue weighted by molar-refractivity contribution is -0.137. The van der Waals surface area contributed by atoms with Crippen molar-refractivity contribution in [1.82, 2.24) is 4.90 Å². The number of carboxylic acids is 1. The average molecular weight is 251 g/mol. The summed E-state index contributed by atoms with van der Waals surface area (Å²) >= 11 is 0. The van der Waals surface area contributed by atoms with Gasteiger partial charge >= 0.3 is 5.97 Å². The summed E-state index contributed by atoms with van der Waals surface area (Å²) in [4.78, 5) is 24.0. The number of nitrogens with zero attached hydrogens (tertiary/aromatic N) is 1. The molecule has 1 aromatic carbocycles. The molecule has 0 aliphatic rings. The van der Waals surface area contributed by atoms with Crippen LogP contribution in [0.3, 0.4) is 0 Å². The van der Waals surface area contributed by atoms with Gasteiger partial charge in [-0.25, -0.2) is 0 Å². The number of carbonyl (C=O) groups is 2. The summed E-state index contributed by atoms with van der Waals surface area (Å²) in [5.74, 6) is -0.720. The first-order valence-corrected chi connectivity index (χ1v) is 5.82. The number of ether oxygens (including phenoxy) is 1. The Bertz CT molecular complexity index is 431. The van der Waals surface area contributed by atoms with Crippen LogP contribution in [0.25, 0.3) is 0 Å². The van der Waals surface area contributed by atoms with Gasteiger partial charge in [-0.15, -0.1) is 0 Å². The predicted octanol–water partition coefficient (Wildman–Crippen LogP) is 1.63. The molecule has 0 atom stereocenters. The number of likely N-dealkylation sites (N-methyl/N-ethyl adjacent to an activating group) is 1. The van der Waals surface area contributed by atoms with E-state index in [1.54, 1.807) is 31.2 Å². The zero-order valence-electron chi connectivity index (χ0n) is 10.5. The van der Waals surface area contributed by atoms with Crippen LogP contribution in [0.5, 0.6) is 5.75 Å². The maximum Gasteiger partial charge on any atom is 0.323 e. The van der Waals surface area contributed by atoms with Crippen molar-refractivity contribution < 1.29 is 19.4 Å². The minimum absolute atomic E-state index is 0.297. The summed E-state index contributed by atoms with van der Waals surface area (Å²) in [6.07, 6.45) is 0. The van der Waals surface area contributed by atoms with E-state index in [4.69, 9.17) is 9.84 Å². The lowest BCUT2D eigenvalue weighted by Crippen LogP contribution is -2.35. The molecular formula is C13H17NO4. The van der Waals surface area contributed by atoms with Crippen molar-refractivity contribution in [1.29, 1.82) is 0 Å². The molecular weight excluding hydrogens is 234 g/mol. The maximum atomic E-state index is 12.1. The van der Waals surface area contributed by atoms with Crippen LogP contribution in [0.1, 0.15) is 24.2 Å². The second-order valence-corrected chi connectivity index (χ2v) is 3.67. The Labute approximate surface area is 106 Å². The lowest BCUT2D eigenvalue weighted by atomic mass is 10.2. The minimum atomic E-state index is -1.02. The average Bonchev–Trinajstić information content (AvgIpc) is 2.35. The molecule has 1 N–H and O–H groups in total. The van der Waals surface area contributed by atoms with E-state index in [9.17, 15) is 9.59 Å². The zero-order chi connectivity index (χ0) is 13.5. The third-order valence-corrected chi connectivity index (χ3v) is 2.39. The molecule has 0 heterocycles. The number of carbonyl (C=O) groups excluding carboxylic acids is 1. The zero-order valence-corrected chi connectivity index (χ0v) is 10.5. The quantitative estimate of drug-likeness (QED) is 0.834. The van der Waals surface area contributed by atoms with Gasteiger partial charge in [0.15, 0.2) is 0 Å². The van der Waals surface area contributed by atoms with Crippen LogP contribution in [0.4, 0.5) is 0 Å². The molecule has 5 heteroatoms. The van der Waals surface area contributed by atoms with Crippen LogP contribution in [0.15, 0.2) is 24.3 Å². The van der Waals surface area contributed by atoms with E-state index in [-0.39, 0.29) is 12.5 Å². The third kappa shape index (κ3) is 3.76. The van der Waals surface area contributed by atoms with Gasteiger partial charge in [-0.3, -0.25) is 9.59 Å². The molecule has 1 aromatic rings. The molecule has 0 aliphatic carbocycles. The van der Waals surface area contributed by atoms with Gasteiger partial charge in [-0.1, -0.05) is 6.07 Å². The first-order chi connectivity index (χ1) is 8.58. The van der Waals surface area contributed by atoms with Crippen LogP contribution < -0.4 is 4.74 Å². The lowest BCUT2D eigenvalue weighted by Gasteiger charge is -2.18. The van der Waals surface area contributed by atoms with E-state index in [1.165, 1.54) is 4.90 Å². The highest BCUT2D eigenvalue weighted by Crippen LogP contribution is 2.15. The van der Waals surface area contributed by atoms with Gasteiger partial charge in [0.1, 0.15) is 12.3 Å². The largest absolute Gasteiger partial charge is 0.494 e. The SMILES string of the molecule is CCOc1cccc(C(=O)N(CC)CC(=O)O)c1. The van der Waals surface area contributed by atoms with Gasteiger partial charge in [0, 0.05) is 12.1 Å². The maximum absolute atomic E-state index is 12.1. The van der Waals surface area contributed by atoms with E-state index in [1.807, 2.05) is 6.92 Å². The Kier molecular flexibility index (Phi) is 5.17. The molecule has 0 bridgehead atoms. The highest BCUT2D eigenvalue weighted by Gasteiger charge is 2.17. The molecule has 5 nitrogen and oxygen atoms in total. The number of amides is 1. The van der Waals surface area contributed by atoms with Gasteiger partial charge in [0.2, 0.25) is 0 Å². The van der Waals surface area contributed by atoms with E-state index in [2.05, 4.69) is 0 Å². The van der Waals surface area contributed by atoms with Crippen molar-refractivity contribution in [2.24, 2.45) is 0 Å². The van der Waals surface area contributed by atoms with Crippen molar-refractivity contribution in [2.45, 2.75) is 13.8 Å². The Morgan fingerprint density at radius 3 is 2.61 bits per heavy atom. The molecule has 0 fully saturated rings. The smallest absolute Gasteiger partial charge is 0.323 e. The summed E-state index contributed by atoms with van der Waals surface area (Å²) in [6.45, 7) is 4.17. The highest BCUT2D eigenvalue weighted by atomic mass is 16.5. The fourth-order valence-corrected chi connectivity index (χ4v) is 1.56. The molecule has 0 aliphatic heterocycles. The molecule has 0 unspecified atom stereocenters. The number of rotatable bonds is 6. The Morgan fingerprint density at radius 2 is 2.06 bits per heavy atom. The minimum Gasteiger partial charge on any atom is -0.494 e. The first-order valence-electron chi connectivity index (χ1n) is 5.82. The van der Waals surface area contributed by atoms with Crippen molar-refractivity contribution in [3.8, 4) is 5.75 Å². The van der Waals surface area contributed by atoms with Gasteiger partial charge in [-0.2, -0.15) is 0 Å². The number of carboxylic acid groups (broad SMARTS) is 1. The third-order valence-electron chi connectivity index (χ3n) is 2.39. The Hall–Kier alpha value is -2.04. The van der Waals surface area contributed by atoms with E-state index in [0.717, 1.165) is 0 Å². The van der Waals surface area contributed by atoms with Crippen molar-refractivity contribution in [3.63, 3.8) is 0 Å². The van der Waals surface area contributed by atoms with Gasteiger partial charge in [0.05, 0.1) is 6.61 Å². The van der Waals surface area contributed by atoms with Crippen LogP contribution in [-0.2, 0) is 4.79 Å². The molecule has 98 valence electrons. The fraction of sp³-hybridized carbons (Fsp3) is 0.385. The number of hydrogen-bond acceptors (Lipinski definition) is 3. The summed E-state index contributed by atoms with van der Waals surface area (Å²) in [7, 11) is 0.